The van der Waals surface area contributed by atoms with Crippen LogP contribution in [-0.4, -0.2) is 27.1 Å². The van der Waals surface area contributed by atoms with Crippen LogP contribution in [0.4, 0.5) is 23.2 Å². The van der Waals surface area contributed by atoms with Gasteiger partial charge in [0.05, 0.1) is 22.9 Å². The highest BCUT2D eigenvalue weighted by atomic mass is 32.2. The Morgan fingerprint density at radius 3 is 2.39 bits per heavy atom. The number of sulfone groups is 1. The summed E-state index contributed by atoms with van der Waals surface area (Å²) in [5.74, 6) is -1.86. The maximum Gasteiger partial charge on any atom is 0.522 e. The van der Waals surface area contributed by atoms with E-state index < -0.39 is 39.3 Å². The maximum atomic E-state index is 13.0. The molecular formula is C9H9F4NO3S. The van der Waals surface area contributed by atoms with E-state index in [1.54, 1.807) is 0 Å². The highest BCUT2D eigenvalue weighted by molar-refractivity contribution is 7.91. The lowest BCUT2D eigenvalue weighted by molar-refractivity contribution is -0.322. The molecule has 4 nitrogen and oxygen atoms in total. The number of hydrogen-bond acceptors (Lipinski definition) is 4. The number of nitrogens with two attached hydrogens (primary N) is 1. The van der Waals surface area contributed by atoms with Gasteiger partial charge in [0.2, 0.25) is 0 Å². The minimum absolute atomic E-state index is 0.250. The lowest BCUT2D eigenvalue weighted by Gasteiger charge is -2.08. The highest BCUT2D eigenvalue weighted by Crippen LogP contribution is 2.19. The molecule has 2 N–H and O–H groups in total. The van der Waals surface area contributed by atoms with Crippen molar-refractivity contribution in [1.82, 2.24) is 0 Å². The maximum absolute atomic E-state index is 13.0. The van der Waals surface area contributed by atoms with Gasteiger partial charge in [-0.25, -0.2) is 12.8 Å². The SMILES string of the molecule is Nc1ccc(S(=O)(=O)CCOC(F)(F)F)cc1F. The van der Waals surface area contributed by atoms with Crippen LogP contribution in [0.3, 0.4) is 0 Å². The number of halogens is 4. The number of ether oxygens (including phenoxy) is 1. The van der Waals surface area contributed by atoms with E-state index >= 15 is 0 Å². The number of anilines is 1. The predicted octanol–water partition coefficient (Wildman–Crippen LogP) is 1.72. The van der Waals surface area contributed by atoms with Crippen LogP contribution in [0.1, 0.15) is 0 Å². The molecule has 0 radical (unpaired) electrons. The fourth-order valence-corrected chi connectivity index (χ4v) is 2.18. The van der Waals surface area contributed by atoms with Gasteiger partial charge in [-0.1, -0.05) is 0 Å². The Balaban J connectivity index is 2.77. The van der Waals surface area contributed by atoms with Crippen molar-refractivity contribution in [3.8, 4) is 0 Å². The van der Waals surface area contributed by atoms with Crippen molar-refractivity contribution in [3.05, 3.63) is 24.0 Å². The molecule has 0 heterocycles. The molecule has 0 saturated heterocycles. The molecule has 1 aromatic carbocycles. The second-order valence-electron chi connectivity index (χ2n) is 3.30. The molecule has 0 aromatic heterocycles. The monoisotopic (exact) mass is 287 g/mol. The molecule has 0 spiro atoms. The fourth-order valence-electron chi connectivity index (χ4n) is 1.09. The largest absolute Gasteiger partial charge is 0.522 e. The Bertz CT molecular complexity index is 527. The molecule has 0 amide bonds. The first kappa shape index (κ1) is 14.7. The van der Waals surface area contributed by atoms with E-state index in [1.165, 1.54) is 0 Å². The van der Waals surface area contributed by atoms with E-state index in [0.29, 0.717) is 6.07 Å². The van der Waals surface area contributed by atoms with Crippen LogP contribution >= 0.6 is 0 Å². The second kappa shape index (κ2) is 5.11. The summed E-state index contributed by atoms with van der Waals surface area (Å²) in [4.78, 5) is -0.444. The molecule has 0 aliphatic carbocycles. The van der Waals surface area contributed by atoms with Gasteiger partial charge in [0.25, 0.3) is 0 Å². The summed E-state index contributed by atoms with van der Waals surface area (Å²) in [6.07, 6.45) is -4.90. The van der Waals surface area contributed by atoms with E-state index in [2.05, 4.69) is 4.74 Å². The van der Waals surface area contributed by atoms with Gasteiger partial charge in [-0.15, -0.1) is 13.2 Å². The molecule has 0 atom stereocenters. The fraction of sp³-hybridized carbons (Fsp3) is 0.333. The summed E-state index contributed by atoms with van der Waals surface area (Å²) >= 11 is 0. The molecule has 1 rings (SSSR count). The molecule has 18 heavy (non-hydrogen) atoms. The second-order valence-corrected chi connectivity index (χ2v) is 5.41. The van der Waals surface area contributed by atoms with Gasteiger partial charge in [0.15, 0.2) is 9.84 Å². The van der Waals surface area contributed by atoms with Gasteiger partial charge in [-0.05, 0) is 18.2 Å². The lowest BCUT2D eigenvalue weighted by atomic mass is 10.3. The van der Waals surface area contributed by atoms with Gasteiger partial charge in [0, 0.05) is 0 Å². The first-order valence-corrected chi connectivity index (χ1v) is 6.25. The summed E-state index contributed by atoms with van der Waals surface area (Å²) in [5.41, 5.74) is 4.90. The molecule has 0 aliphatic rings. The minimum atomic E-state index is -4.90. The van der Waals surface area contributed by atoms with Gasteiger partial charge >= 0.3 is 6.36 Å². The van der Waals surface area contributed by atoms with Gasteiger partial charge in [-0.2, -0.15) is 0 Å². The smallest absolute Gasteiger partial charge is 0.396 e. The molecule has 0 fully saturated rings. The van der Waals surface area contributed by atoms with E-state index in [1.807, 2.05) is 0 Å². The number of alkyl halides is 3. The molecule has 9 heteroatoms. The van der Waals surface area contributed by atoms with Crippen LogP contribution in [0, 0.1) is 5.82 Å². The van der Waals surface area contributed by atoms with E-state index in [-0.39, 0.29) is 5.69 Å². The third-order valence-electron chi connectivity index (χ3n) is 1.95. The standard InChI is InChI=1S/C9H9F4NO3S/c10-7-5-6(1-2-8(7)14)18(15,16)4-3-17-9(11,12)13/h1-2,5H,3-4,14H2. The number of hydrogen-bond donors (Lipinski definition) is 1. The van der Waals surface area contributed by atoms with Crippen molar-refractivity contribution in [1.29, 1.82) is 0 Å². The van der Waals surface area contributed by atoms with Gasteiger partial charge in [0.1, 0.15) is 5.82 Å². The summed E-state index contributed by atoms with van der Waals surface area (Å²) in [6.45, 7) is -1.06. The summed E-state index contributed by atoms with van der Waals surface area (Å²) in [6, 6.07) is 2.69. The van der Waals surface area contributed by atoms with Crippen molar-refractivity contribution in [2.24, 2.45) is 0 Å². The Kier molecular flexibility index (Phi) is 4.17. The van der Waals surface area contributed by atoms with Gasteiger partial charge in [-0.3, -0.25) is 4.74 Å². The van der Waals surface area contributed by atoms with E-state index in [9.17, 15) is 26.0 Å². The van der Waals surface area contributed by atoms with Crippen molar-refractivity contribution < 1.29 is 30.7 Å². The Hall–Kier alpha value is -1.35. The minimum Gasteiger partial charge on any atom is -0.396 e. The number of nitrogen functional groups attached to an aromatic ring is 1. The van der Waals surface area contributed by atoms with Crippen molar-refractivity contribution in [2.75, 3.05) is 18.1 Å². The zero-order chi connectivity index (χ0) is 14.0. The number of benzene rings is 1. The Labute approximate surface area is 100 Å². The van der Waals surface area contributed by atoms with Crippen molar-refractivity contribution in [3.63, 3.8) is 0 Å². The first-order valence-electron chi connectivity index (χ1n) is 4.60. The van der Waals surface area contributed by atoms with Gasteiger partial charge < -0.3 is 5.73 Å². The quantitative estimate of drug-likeness (QED) is 0.676. The third kappa shape index (κ3) is 4.15. The highest BCUT2D eigenvalue weighted by Gasteiger charge is 2.30. The van der Waals surface area contributed by atoms with Crippen LogP contribution in [0.5, 0.6) is 0 Å². The molecule has 0 aliphatic heterocycles. The lowest BCUT2D eigenvalue weighted by Crippen LogP contribution is -2.20. The number of rotatable bonds is 4. The zero-order valence-electron chi connectivity index (χ0n) is 8.87. The Morgan fingerprint density at radius 2 is 1.89 bits per heavy atom. The van der Waals surface area contributed by atoms with Crippen LogP contribution in [0.25, 0.3) is 0 Å². The zero-order valence-corrected chi connectivity index (χ0v) is 9.68. The predicted molar refractivity (Wildman–Crippen MR) is 54.9 cm³/mol. The molecule has 0 saturated carbocycles. The van der Waals surface area contributed by atoms with Crippen LogP contribution in [-0.2, 0) is 14.6 Å². The van der Waals surface area contributed by atoms with E-state index in [0.717, 1.165) is 12.1 Å². The molecular weight excluding hydrogens is 278 g/mol. The molecule has 1 aromatic rings. The van der Waals surface area contributed by atoms with Crippen LogP contribution in [0.2, 0.25) is 0 Å². The average molecular weight is 287 g/mol. The van der Waals surface area contributed by atoms with Crippen molar-refractivity contribution >= 4 is 15.5 Å². The third-order valence-corrected chi connectivity index (χ3v) is 3.63. The van der Waals surface area contributed by atoms with Crippen LogP contribution in [0.15, 0.2) is 23.1 Å². The molecule has 102 valence electrons. The summed E-state index contributed by atoms with van der Waals surface area (Å²) < 4.78 is 74.4. The molecule has 0 unspecified atom stereocenters. The normalized spacial score (nSPS) is 12.7. The van der Waals surface area contributed by atoms with Crippen LogP contribution < -0.4 is 5.73 Å². The summed E-state index contributed by atoms with van der Waals surface area (Å²) in [7, 11) is -4.04. The van der Waals surface area contributed by atoms with Crippen molar-refractivity contribution in [2.45, 2.75) is 11.3 Å². The molecule has 0 bridgehead atoms. The average Bonchev–Trinajstić information content (AvgIpc) is 2.19. The summed E-state index contributed by atoms with van der Waals surface area (Å²) in [5, 5.41) is 0. The van der Waals surface area contributed by atoms with E-state index in [4.69, 9.17) is 5.73 Å². The topological polar surface area (TPSA) is 69.4 Å². The first-order chi connectivity index (χ1) is 8.12. The Morgan fingerprint density at radius 1 is 1.28 bits per heavy atom.